The van der Waals surface area contributed by atoms with E-state index in [1.54, 1.807) is 0 Å². The third-order valence-corrected chi connectivity index (χ3v) is 6.28. The summed E-state index contributed by atoms with van der Waals surface area (Å²) in [5, 5.41) is 4.90. The average molecular weight is 375 g/mol. The third kappa shape index (κ3) is 2.52. The Balaban J connectivity index is 1.67. The minimum Gasteiger partial charge on any atom is -0.490 e. The zero-order chi connectivity index (χ0) is 17.0. The Kier molecular flexibility index (Phi) is 3.85. The molecule has 3 aliphatic rings. The van der Waals surface area contributed by atoms with Gasteiger partial charge in [-0.25, -0.2) is 0 Å². The van der Waals surface area contributed by atoms with Crippen molar-refractivity contribution in [1.29, 1.82) is 0 Å². The molecule has 2 aromatic rings. The standard InChI is InChI=1S/C20H20Cl2N2O/c21-13-1-2-14(17(22)11-13)12-9-16-15-3-5-23-6-4-18(15)24-7-8-25-19(10-12)20(16)24/h1-2,9-11,15,18,23H,3-8H2. The van der Waals surface area contributed by atoms with E-state index < -0.39 is 0 Å². The van der Waals surface area contributed by atoms with Crippen molar-refractivity contribution in [1.82, 2.24) is 5.32 Å². The normalized spacial score (nSPS) is 24.3. The van der Waals surface area contributed by atoms with E-state index in [-0.39, 0.29) is 0 Å². The Hall–Kier alpha value is -1.42. The van der Waals surface area contributed by atoms with Crippen molar-refractivity contribution in [3.8, 4) is 16.9 Å². The molecule has 1 N–H and O–H groups in total. The van der Waals surface area contributed by atoms with Crippen molar-refractivity contribution in [3.05, 3.63) is 45.9 Å². The number of rotatable bonds is 1. The van der Waals surface area contributed by atoms with E-state index in [1.807, 2.05) is 18.2 Å². The molecule has 0 bridgehead atoms. The predicted molar refractivity (Wildman–Crippen MR) is 103 cm³/mol. The molecule has 1 saturated heterocycles. The van der Waals surface area contributed by atoms with Gasteiger partial charge < -0.3 is 15.0 Å². The first-order chi connectivity index (χ1) is 12.2. The molecule has 0 amide bonds. The number of hydrogen-bond donors (Lipinski definition) is 1. The summed E-state index contributed by atoms with van der Waals surface area (Å²) in [6, 6.07) is 10.8. The third-order valence-electron chi connectivity index (χ3n) is 5.74. The van der Waals surface area contributed by atoms with Crippen LogP contribution in [0.25, 0.3) is 11.1 Å². The van der Waals surface area contributed by atoms with Crippen molar-refractivity contribution in [2.24, 2.45) is 0 Å². The van der Waals surface area contributed by atoms with Crippen molar-refractivity contribution in [2.75, 3.05) is 31.1 Å². The maximum atomic E-state index is 6.47. The summed E-state index contributed by atoms with van der Waals surface area (Å²) in [4.78, 5) is 2.58. The molecule has 0 aliphatic carbocycles. The van der Waals surface area contributed by atoms with Crippen molar-refractivity contribution in [3.63, 3.8) is 0 Å². The van der Waals surface area contributed by atoms with Gasteiger partial charge >= 0.3 is 0 Å². The molecule has 5 rings (SSSR count). The van der Waals surface area contributed by atoms with E-state index >= 15 is 0 Å². The fourth-order valence-electron chi connectivity index (χ4n) is 4.67. The first-order valence-electron chi connectivity index (χ1n) is 8.96. The number of anilines is 1. The SMILES string of the molecule is Clc1ccc(-c2cc3c4c(c2)C2CCNCCC2N4CCO3)c(Cl)c1. The molecule has 2 unspecified atom stereocenters. The van der Waals surface area contributed by atoms with Gasteiger partial charge in [0, 0.05) is 27.6 Å². The van der Waals surface area contributed by atoms with Gasteiger partial charge in [0.1, 0.15) is 12.4 Å². The van der Waals surface area contributed by atoms with Gasteiger partial charge in [0.05, 0.1) is 12.2 Å². The predicted octanol–water partition coefficient (Wildman–Crippen LogP) is 4.71. The summed E-state index contributed by atoms with van der Waals surface area (Å²) >= 11 is 12.5. The first kappa shape index (κ1) is 15.8. The van der Waals surface area contributed by atoms with Crippen LogP contribution < -0.4 is 15.0 Å². The van der Waals surface area contributed by atoms with Crippen LogP contribution in [0.4, 0.5) is 5.69 Å². The lowest BCUT2D eigenvalue weighted by atomic mass is 9.89. The van der Waals surface area contributed by atoms with Crippen LogP contribution in [0.3, 0.4) is 0 Å². The van der Waals surface area contributed by atoms with Crippen LogP contribution in [-0.2, 0) is 0 Å². The molecule has 0 spiro atoms. The van der Waals surface area contributed by atoms with Gasteiger partial charge in [-0.15, -0.1) is 0 Å². The number of fused-ring (bicyclic) bond motifs is 3. The summed E-state index contributed by atoms with van der Waals surface area (Å²) in [6.45, 7) is 3.91. The van der Waals surface area contributed by atoms with E-state index in [0.29, 0.717) is 22.0 Å². The lowest BCUT2D eigenvalue weighted by Gasteiger charge is -2.33. The van der Waals surface area contributed by atoms with Gasteiger partial charge in [-0.2, -0.15) is 0 Å². The maximum Gasteiger partial charge on any atom is 0.143 e. The molecule has 2 atom stereocenters. The molecular formula is C20H20Cl2N2O. The highest BCUT2D eigenvalue weighted by Gasteiger charge is 2.42. The van der Waals surface area contributed by atoms with Crippen molar-refractivity contribution in [2.45, 2.75) is 24.8 Å². The highest BCUT2D eigenvalue weighted by Crippen LogP contribution is 2.52. The van der Waals surface area contributed by atoms with Crippen LogP contribution in [0.2, 0.25) is 10.0 Å². The Labute approximate surface area is 157 Å². The monoisotopic (exact) mass is 374 g/mol. The van der Waals surface area contributed by atoms with Crippen LogP contribution in [0.5, 0.6) is 5.75 Å². The van der Waals surface area contributed by atoms with Crippen molar-refractivity contribution >= 4 is 28.9 Å². The smallest absolute Gasteiger partial charge is 0.143 e. The lowest BCUT2D eigenvalue weighted by Crippen LogP contribution is -2.39. The van der Waals surface area contributed by atoms with Gasteiger partial charge in [-0.3, -0.25) is 0 Å². The van der Waals surface area contributed by atoms with Crippen LogP contribution in [0.15, 0.2) is 30.3 Å². The second-order valence-corrected chi connectivity index (χ2v) is 7.92. The van der Waals surface area contributed by atoms with Gasteiger partial charge in [0.25, 0.3) is 0 Å². The molecule has 0 radical (unpaired) electrons. The zero-order valence-electron chi connectivity index (χ0n) is 13.9. The van der Waals surface area contributed by atoms with E-state index in [9.17, 15) is 0 Å². The molecule has 3 nitrogen and oxygen atoms in total. The van der Waals surface area contributed by atoms with Gasteiger partial charge in [-0.05, 0) is 61.3 Å². The fraction of sp³-hybridized carbons (Fsp3) is 0.400. The molecule has 3 heterocycles. The summed E-state index contributed by atoms with van der Waals surface area (Å²) < 4.78 is 6.05. The van der Waals surface area contributed by atoms with Gasteiger partial charge in [0.15, 0.2) is 0 Å². The molecule has 0 saturated carbocycles. The first-order valence-corrected chi connectivity index (χ1v) is 9.71. The number of halogens is 2. The molecular weight excluding hydrogens is 355 g/mol. The second-order valence-electron chi connectivity index (χ2n) is 7.08. The fourth-order valence-corrected chi connectivity index (χ4v) is 5.19. The van der Waals surface area contributed by atoms with E-state index in [0.717, 1.165) is 43.1 Å². The van der Waals surface area contributed by atoms with Crippen LogP contribution in [-0.4, -0.2) is 32.3 Å². The highest BCUT2D eigenvalue weighted by atomic mass is 35.5. The molecule has 2 aromatic carbocycles. The summed E-state index contributed by atoms with van der Waals surface area (Å²) in [6.07, 6.45) is 2.36. The second kappa shape index (κ2) is 6.08. The minimum absolute atomic E-state index is 0.566. The quantitative estimate of drug-likeness (QED) is 0.782. The van der Waals surface area contributed by atoms with Crippen LogP contribution >= 0.6 is 23.2 Å². The van der Waals surface area contributed by atoms with Gasteiger partial charge in [0.2, 0.25) is 0 Å². The largest absolute Gasteiger partial charge is 0.490 e. The summed E-state index contributed by atoms with van der Waals surface area (Å²) in [7, 11) is 0. The Morgan fingerprint density at radius 3 is 2.84 bits per heavy atom. The maximum absolute atomic E-state index is 6.47. The Morgan fingerprint density at radius 2 is 1.96 bits per heavy atom. The Bertz CT molecular complexity index is 839. The van der Waals surface area contributed by atoms with E-state index in [1.165, 1.54) is 24.1 Å². The zero-order valence-corrected chi connectivity index (χ0v) is 15.4. The number of nitrogens with zero attached hydrogens (tertiary/aromatic N) is 1. The molecule has 3 aliphatic heterocycles. The molecule has 1 fully saturated rings. The highest BCUT2D eigenvalue weighted by molar-refractivity contribution is 6.36. The van der Waals surface area contributed by atoms with Crippen molar-refractivity contribution < 1.29 is 4.74 Å². The van der Waals surface area contributed by atoms with Crippen LogP contribution in [0, 0.1) is 0 Å². The molecule has 25 heavy (non-hydrogen) atoms. The lowest BCUT2D eigenvalue weighted by molar-refractivity contribution is 0.301. The molecule has 0 aromatic heterocycles. The molecule has 130 valence electrons. The molecule has 5 heteroatoms. The van der Waals surface area contributed by atoms with E-state index in [4.69, 9.17) is 27.9 Å². The van der Waals surface area contributed by atoms with E-state index in [2.05, 4.69) is 22.3 Å². The summed E-state index contributed by atoms with van der Waals surface area (Å²) in [5.74, 6) is 1.57. The number of nitrogens with one attached hydrogen (secondary N) is 1. The minimum atomic E-state index is 0.566. The topological polar surface area (TPSA) is 24.5 Å². The van der Waals surface area contributed by atoms with Gasteiger partial charge in [-0.1, -0.05) is 29.3 Å². The number of ether oxygens (including phenoxy) is 1. The Morgan fingerprint density at radius 1 is 1.08 bits per heavy atom. The summed E-state index contributed by atoms with van der Waals surface area (Å²) in [5.41, 5.74) is 4.88. The van der Waals surface area contributed by atoms with Crippen LogP contribution in [0.1, 0.15) is 24.3 Å². The number of hydrogen-bond acceptors (Lipinski definition) is 3. The average Bonchev–Trinajstić information content (AvgIpc) is 2.77. The number of benzene rings is 2.